The lowest BCUT2D eigenvalue weighted by atomic mass is 10.1. The number of hydrogen-bond donors (Lipinski definition) is 1. The van der Waals surface area contributed by atoms with Gasteiger partial charge in [-0.05, 0) is 66.9 Å². The number of sulfonamides is 1. The molecule has 208 valence electrons. The molecule has 0 saturated carbocycles. The number of anilines is 1. The monoisotopic (exact) mass is 572 g/mol. The zero-order valence-corrected chi connectivity index (χ0v) is 21.9. The number of pyridine rings is 1. The molecule has 1 N–H and O–H groups in total. The third-order valence-corrected chi connectivity index (χ3v) is 8.01. The molecule has 0 amide bonds. The summed E-state index contributed by atoms with van der Waals surface area (Å²) in [5.41, 5.74) is 0.294. The van der Waals surface area contributed by atoms with Gasteiger partial charge >= 0.3 is 11.9 Å². The van der Waals surface area contributed by atoms with Crippen molar-refractivity contribution in [1.29, 1.82) is 0 Å². The first-order valence-corrected chi connectivity index (χ1v) is 13.6. The SMILES string of the molecule is Cc1cccc(S(=O)(=O)N2C[C@H](CCc3n[nH]c(=O)o3)Oc3ccc(/C=C/c4ncccc4C(F)(F)F)cc32)c1. The maximum absolute atomic E-state index is 13.8. The van der Waals surface area contributed by atoms with Gasteiger partial charge in [-0.3, -0.25) is 9.29 Å². The van der Waals surface area contributed by atoms with Crippen LogP contribution in [0.4, 0.5) is 18.9 Å². The highest BCUT2D eigenvalue weighted by Gasteiger charge is 2.35. The first-order chi connectivity index (χ1) is 19.0. The molecule has 40 heavy (non-hydrogen) atoms. The van der Waals surface area contributed by atoms with Gasteiger partial charge in [0.15, 0.2) is 0 Å². The summed E-state index contributed by atoms with van der Waals surface area (Å²) in [6, 6.07) is 13.3. The van der Waals surface area contributed by atoms with E-state index < -0.39 is 33.6 Å². The highest BCUT2D eigenvalue weighted by molar-refractivity contribution is 7.92. The van der Waals surface area contributed by atoms with Crippen LogP contribution in [-0.2, 0) is 22.6 Å². The predicted molar refractivity (Wildman–Crippen MR) is 140 cm³/mol. The van der Waals surface area contributed by atoms with Gasteiger partial charge in [0.2, 0.25) is 5.89 Å². The number of nitrogens with one attached hydrogen (secondary N) is 1. The lowest BCUT2D eigenvalue weighted by Crippen LogP contribution is -2.43. The number of nitrogens with zero attached hydrogens (tertiary/aromatic N) is 3. The number of fused-ring (bicyclic) bond motifs is 1. The van der Waals surface area contributed by atoms with Crippen LogP contribution in [0.25, 0.3) is 12.2 Å². The molecule has 9 nitrogen and oxygen atoms in total. The number of H-pyrrole nitrogens is 1. The Bertz CT molecular complexity index is 1730. The average Bonchev–Trinajstić information content (AvgIpc) is 3.34. The van der Waals surface area contributed by atoms with Gasteiger partial charge in [-0.1, -0.05) is 24.3 Å². The molecule has 0 fully saturated rings. The van der Waals surface area contributed by atoms with E-state index in [-0.39, 0.29) is 40.9 Å². The molecule has 2 aromatic carbocycles. The Kier molecular flexibility index (Phi) is 7.23. The van der Waals surface area contributed by atoms with Gasteiger partial charge < -0.3 is 9.15 Å². The fourth-order valence-electron chi connectivity index (χ4n) is 4.33. The van der Waals surface area contributed by atoms with E-state index in [1.807, 2.05) is 0 Å². The molecule has 1 atom stereocenters. The number of aromatic amines is 1. The molecule has 0 radical (unpaired) electrons. The summed E-state index contributed by atoms with van der Waals surface area (Å²) in [5, 5.41) is 5.95. The molecule has 0 aliphatic carbocycles. The molecule has 0 bridgehead atoms. The van der Waals surface area contributed by atoms with Crippen LogP contribution in [0.3, 0.4) is 0 Å². The second-order valence-corrected chi connectivity index (χ2v) is 11.0. The van der Waals surface area contributed by atoms with Crippen LogP contribution in [0.5, 0.6) is 5.75 Å². The Hall–Kier alpha value is -4.39. The minimum absolute atomic E-state index is 0.0520. The fourth-order valence-corrected chi connectivity index (χ4v) is 5.93. The van der Waals surface area contributed by atoms with Crippen molar-refractivity contribution in [2.24, 2.45) is 0 Å². The second-order valence-electron chi connectivity index (χ2n) is 9.13. The van der Waals surface area contributed by atoms with Crippen molar-refractivity contribution in [3.63, 3.8) is 0 Å². The summed E-state index contributed by atoms with van der Waals surface area (Å²) < 4.78 is 80.0. The van der Waals surface area contributed by atoms with Crippen molar-refractivity contribution in [2.75, 3.05) is 10.8 Å². The van der Waals surface area contributed by atoms with Gasteiger partial charge in [0, 0.05) is 12.6 Å². The zero-order chi connectivity index (χ0) is 28.5. The maximum atomic E-state index is 13.8. The molecular formula is C27H23F3N4O5S. The molecule has 1 aliphatic rings. The first kappa shape index (κ1) is 27.2. The number of alkyl halides is 3. The van der Waals surface area contributed by atoms with Crippen molar-refractivity contribution in [1.82, 2.24) is 15.2 Å². The fraction of sp³-hybridized carbons (Fsp3) is 0.222. The molecule has 13 heteroatoms. The van der Waals surface area contributed by atoms with E-state index >= 15 is 0 Å². The molecule has 2 aromatic heterocycles. The molecule has 5 rings (SSSR count). The van der Waals surface area contributed by atoms with Crippen LogP contribution in [0.2, 0.25) is 0 Å². The molecule has 0 unspecified atom stereocenters. The smallest absolute Gasteiger partial charge is 0.434 e. The normalized spacial score (nSPS) is 15.7. The molecule has 0 saturated heterocycles. The van der Waals surface area contributed by atoms with Gasteiger partial charge in [0.1, 0.15) is 11.9 Å². The summed E-state index contributed by atoms with van der Waals surface area (Å²) in [7, 11) is -4.05. The van der Waals surface area contributed by atoms with E-state index in [2.05, 4.69) is 15.2 Å². The van der Waals surface area contributed by atoms with Gasteiger partial charge in [-0.2, -0.15) is 13.2 Å². The van der Waals surface area contributed by atoms with E-state index in [1.165, 1.54) is 34.8 Å². The van der Waals surface area contributed by atoms with Crippen LogP contribution in [-0.4, -0.2) is 36.2 Å². The Morgan fingerprint density at radius 2 is 1.95 bits per heavy atom. The first-order valence-electron chi connectivity index (χ1n) is 12.2. The second kappa shape index (κ2) is 10.6. The zero-order valence-electron chi connectivity index (χ0n) is 21.1. The summed E-state index contributed by atoms with van der Waals surface area (Å²) >= 11 is 0. The number of ether oxygens (including phenoxy) is 1. The number of benzene rings is 2. The minimum Gasteiger partial charge on any atom is -0.486 e. The van der Waals surface area contributed by atoms with E-state index in [0.29, 0.717) is 12.0 Å². The Morgan fingerprint density at radius 1 is 1.12 bits per heavy atom. The molecule has 3 heterocycles. The third kappa shape index (κ3) is 5.78. The van der Waals surface area contributed by atoms with Crippen LogP contribution in [0, 0.1) is 6.92 Å². The van der Waals surface area contributed by atoms with Gasteiger partial charge in [0.25, 0.3) is 10.0 Å². The highest BCUT2D eigenvalue weighted by Crippen LogP contribution is 2.39. The summed E-state index contributed by atoms with van der Waals surface area (Å²) in [6.07, 6.45) is -0.727. The Morgan fingerprint density at radius 3 is 2.67 bits per heavy atom. The van der Waals surface area contributed by atoms with E-state index in [9.17, 15) is 26.4 Å². The van der Waals surface area contributed by atoms with Gasteiger partial charge in [-0.15, -0.1) is 5.10 Å². The summed E-state index contributed by atoms with van der Waals surface area (Å²) in [6.45, 7) is 1.73. The molecule has 4 aromatic rings. The molecule has 0 spiro atoms. The van der Waals surface area contributed by atoms with Crippen molar-refractivity contribution < 1.29 is 30.7 Å². The predicted octanol–water partition coefficient (Wildman–Crippen LogP) is 4.84. The van der Waals surface area contributed by atoms with Crippen molar-refractivity contribution >= 4 is 27.9 Å². The molecular weight excluding hydrogens is 549 g/mol. The number of aryl methyl sites for hydroxylation is 2. The number of rotatable bonds is 7. The van der Waals surface area contributed by atoms with Crippen molar-refractivity contribution in [3.05, 3.63) is 99.6 Å². The number of hydrogen-bond acceptors (Lipinski definition) is 7. The van der Waals surface area contributed by atoms with Gasteiger partial charge in [0.05, 0.1) is 28.4 Å². The number of halogens is 3. The highest BCUT2D eigenvalue weighted by atomic mass is 32.2. The lowest BCUT2D eigenvalue weighted by Gasteiger charge is -2.35. The van der Waals surface area contributed by atoms with E-state index in [1.54, 1.807) is 43.3 Å². The Labute approximate surface area is 227 Å². The van der Waals surface area contributed by atoms with E-state index in [0.717, 1.165) is 11.6 Å². The largest absolute Gasteiger partial charge is 0.486 e. The standard InChI is InChI=1S/C27H23F3N4O5S/c1-17-4-2-5-20(14-17)40(36,37)34-16-19(9-12-25-32-33-26(35)39-25)38-24-11-8-18(15-23(24)34)7-10-22-21(27(28,29)30)6-3-13-31-22/h2-8,10-11,13-15,19H,9,12,16H2,1H3,(H,33,35)/b10-7+/t19-/m0/s1. The van der Waals surface area contributed by atoms with Crippen molar-refractivity contribution in [2.45, 2.75) is 36.9 Å². The summed E-state index contributed by atoms with van der Waals surface area (Å²) in [4.78, 5) is 15.2. The molecule has 1 aliphatic heterocycles. The van der Waals surface area contributed by atoms with Gasteiger partial charge in [-0.25, -0.2) is 18.3 Å². The quantitative estimate of drug-likeness (QED) is 0.337. The summed E-state index contributed by atoms with van der Waals surface area (Å²) in [5.74, 6) is -0.246. The maximum Gasteiger partial charge on any atom is 0.434 e. The topological polar surface area (TPSA) is 118 Å². The average molecular weight is 573 g/mol. The number of aromatic nitrogens is 3. The van der Waals surface area contributed by atoms with Crippen LogP contribution in [0.15, 0.2) is 74.9 Å². The van der Waals surface area contributed by atoms with Crippen molar-refractivity contribution in [3.8, 4) is 5.75 Å². The van der Waals surface area contributed by atoms with Crippen LogP contribution >= 0.6 is 0 Å². The van der Waals surface area contributed by atoms with Crippen LogP contribution < -0.4 is 14.8 Å². The Balaban J connectivity index is 1.50. The lowest BCUT2D eigenvalue weighted by molar-refractivity contribution is -0.138. The minimum atomic E-state index is -4.58. The van der Waals surface area contributed by atoms with Crippen LogP contribution in [0.1, 0.15) is 34.7 Å². The van der Waals surface area contributed by atoms with E-state index in [4.69, 9.17) is 9.15 Å². The third-order valence-electron chi connectivity index (χ3n) is 6.23.